The van der Waals surface area contributed by atoms with E-state index in [0.717, 1.165) is 5.56 Å². The number of carbonyl (C=O) groups is 1. The summed E-state index contributed by atoms with van der Waals surface area (Å²) < 4.78 is 11.4. The van der Waals surface area contributed by atoms with Crippen molar-refractivity contribution in [1.82, 2.24) is 9.88 Å². The van der Waals surface area contributed by atoms with Crippen molar-refractivity contribution in [2.75, 3.05) is 19.7 Å². The van der Waals surface area contributed by atoms with Gasteiger partial charge in [-0.05, 0) is 29.8 Å². The van der Waals surface area contributed by atoms with Gasteiger partial charge in [-0.2, -0.15) is 0 Å². The maximum absolute atomic E-state index is 12.8. The zero-order valence-electron chi connectivity index (χ0n) is 13.4. The molecule has 3 heterocycles. The number of carbonyl (C=O) groups excluding carboxylic acids is 1. The van der Waals surface area contributed by atoms with Gasteiger partial charge in [-0.15, -0.1) is 0 Å². The average Bonchev–Trinajstić information content (AvgIpc) is 2.68. The van der Waals surface area contributed by atoms with E-state index in [4.69, 9.17) is 9.15 Å². The number of hydrogen-bond acceptors (Lipinski definition) is 5. The molecule has 1 amide bonds. The first-order chi connectivity index (χ1) is 12.2. The number of ether oxygens (including phenoxy) is 1. The number of hydrogen-bond donors (Lipinski definition) is 0. The summed E-state index contributed by atoms with van der Waals surface area (Å²) >= 11 is 0. The Balaban J connectivity index is 1.61. The number of para-hydroxylation sites is 1. The Morgan fingerprint density at radius 1 is 1.16 bits per heavy atom. The summed E-state index contributed by atoms with van der Waals surface area (Å²) in [5.41, 5.74) is 1.16. The van der Waals surface area contributed by atoms with Gasteiger partial charge in [0, 0.05) is 25.0 Å². The normalized spacial score (nSPS) is 17.6. The summed E-state index contributed by atoms with van der Waals surface area (Å²) in [6.45, 7) is 1.28. The fraction of sp³-hybridized carbons (Fsp3) is 0.211. The lowest BCUT2D eigenvalue weighted by Gasteiger charge is -2.32. The molecule has 0 unspecified atom stereocenters. The van der Waals surface area contributed by atoms with E-state index in [-0.39, 0.29) is 23.2 Å². The fourth-order valence-corrected chi connectivity index (χ4v) is 2.98. The van der Waals surface area contributed by atoms with Gasteiger partial charge in [-0.3, -0.25) is 14.6 Å². The van der Waals surface area contributed by atoms with E-state index in [1.807, 2.05) is 12.1 Å². The van der Waals surface area contributed by atoms with Gasteiger partial charge in [0.25, 0.3) is 5.91 Å². The third kappa shape index (κ3) is 3.04. The fourth-order valence-electron chi connectivity index (χ4n) is 2.98. The van der Waals surface area contributed by atoms with E-state index in [2.05, 4.69) is 4.98 Å². The Morgan fingerprint density at radius 2 is 1.96 bits per heavy atom. The molecule has 6 nitrogen and oxygen atoms in total. The summed E-state index contributed by atoms with van der Waals surface area (Å²) in [6, 6.07) is 11.9. The first kappa shape index (κ1) is 15.5. The van der Waals surface area contributed by atoms with E-state index in [1.54, 1.807) is 41.6 Å². The Bertz CT molecular complexity index is 968. The number of rotatable bonds is 2. The van der Waals surface area contributed by atoms with Gasteiger partial charge in [0.1, 0.15) is 11.7 Å². The highest BCUT2D eigenvalue weighted by molar-refractivity contribution is 5.93. The molecule has 1 atom stereocenters. The minimum atomic E-state index is -0.301. The van der Waals surface area contributed by atoms with Crippen molar-refractivity contribution in [3.8, 4) is 0 Å². The van der Waals surface area contributed by atoms with Crippen molar-refractivity contribution in [3.05, 3.63) is 76.4 Å². The molecule has 4 rings (SSSR count). The van der Waals surface area contributed by atoms with E-state index in [1.165, 1.54) is 6.07 Å². The standard InChI is InChI=1S/C19H16N2O4/c22-15-11-17(25-16-4-2-1-3-14(15)16)19(23)21-9-10-24-18(12-21)13-5-7-20-8-6-13/h1-8,11,18H,9-10,12H2/t18-/m1/s1. The number of morpholine rings is 1. The zero-order chi connectivity index (χ0) is 17.2. The Hall–Kier alpha value is -2.99. The number of fused-ring (bicyclic) bond motifs is 1. The van der Waals surface area contributed by atoms with Gasteiger partial charge in [0.05, 0.1) is 18.5 Å². The van der Waals surface area contributed by atoms with Crippen LogP contribution in [-0.2, 0) is 4.74 Å². The van der Waals surface area contributed by atoms with Crippen LogP contribution in [-0.4, -0.2) is 35.5 Å². The molecule has 126 valence electrons. The maximum atomic E-state index is 12.8. The van der Waals surface area contributed by atoms with Crippen LogP contribution >= 0.6 is 0 Å². The maximum Gasteiger partial charge on any atom is 0.289 e. The quantitative estimate of drug-likeness (QED) is 0.718. The number of benzene rings is 1. The molecule has 3 aromatic rings. The van der Waals surface area contributed by atoms with Gasteiger partial charge in [-0.25, -0.2) is 0 Å². The summed E-state index contributed by atoms with van der Waals surface area (Å²) in [5, 5.41) is 0.468. The van der Waals surface area contributed by atoms with Crippen LogP contribution in [0.5, 0.6) is 0 Å². The molecule has 1 aliphatic rings. The molecule has 0 radical (unpaired) electrons. The first-order valence-electron chi connectivity index (χ1n) is 8.06. The van der Waals surface area contributed by atoms with Crippen molar-refractivity contribution in [3.63, 3.8) is 0 Å². The van der Waals surface area contributed by atoms with E-state index in [0.29, 0.717) is 30.7 Å². The highest BCUT2D eigenvalue weighted by Crippen LogP contribution is 2.23. The number of nitrogens with zero attached hydrogens (tertiary/aromatic N) is 2. The summed E-state index contributed by atoms with van der Waals surface area (Å²) in [7, 11) is 0. The lowest BCUT2D eigenvalue weighted by Crippen LogP contribution is -2.42. The summed E-state index contributed by atoms with van der Waals surface area (Å²) in [4.78, 5) is 30.7. The van der Waals surface area contributed by atoms with Crippen LogP contribution in [0.25, 0.3) is 11.0 Å². The van der Waals surface area contributed by atoms with Crippen molar-refractivity contribution in [2.45, 2.75) is 6.10 Å². The number of aromatic nitrogens is 1. The van der Waals surface area contributed by atoms with Gasteiger partial charge < -0.3 is 14.1 Å². The van der Waals surface area contributed by atoms with E-state index < -0.39 is 0 Å². The molecular weight excluding hydrogens is 320 g/mol. The van der Waals surface area contributed by atoms with Crippen molar-refractivity contribution in [2.24, 2.45) is 0 Å². The summed E-state index contributed by atoms with van der Waals surface area (Å²) in [5.74, 6) is -0.246. The second-order valence-electron chi connectivity index (χ2n) is 5.86. The molecule has 0 aliphatic carbocycles. The number of pyridine rings is 1. The van der Waals surface area contributed by atoms with Gasteiger partial charge in [0.2, 0.25) is 0 Å². The predicted octanol–water partition coefficient (Wildman–Crippen LogP) is 2.40. The number of amides is 1. The van der Waals surface area contributed by atoms with Gasteiger partial charge in [-0.1, -0.05) is 12.1 Å². The smallest absolute Gasteiger partial charge is 0.289 e. The lowest BCUT2D eigenvalue weighted by molar-refractivity contribution is -0.0237. The molecule has 0 spiro atoms. The van der Waals surface area contributed by atoms with Crippen LogP contribution < -0.4 is 5.43 Å². The Labute approximate surface area is 143 Å². The van der Waals surface area contributed by atoms with Crippen LogP contribution in [0, 0.1) is 0 Å². The largest absolute Gasteiger partial charge is 0.451 e. The minimum absolute atomic E-state index is 0.0547. The molecule has 25 heavy (non-hydrogen) atoms. The molecule has 1 fully saturated rings. The topological polar surface area (TPSA) is 72.6 Å². The van der Waals surface area contributed by atoms with Crippen LogP contribution in [0.15, 0.2) is 64.1 Å². The molecule has 0 saturated carbocycles. The SMILES string of the molecule is O=C(c1cc(=O)c2ccccc2o1)N1CCO[C@@H](c2ccncc2)C1. The van der Waals surface area contributed by atoms with Gasteiger partial charge >= 0.3 is 0 Å². The molecule has 2 aromatic heterocycles. The van der Waals surface area contributed by atoms with Crippen LogP contribution in [0.1, 0.15) is 22.2 Å². The van der Waals surface area contributed by atoms with Crippen LogP contribution in [0.4, 0.5) is 0 Å². The lowest BCUT2D eigenvalue weighted by atomic mass is 10.1. The first-order valence-corrected chi connectivity index (χ1v) is 8.06. The second-order valence-corrected chi connectivity index (χ2v) is 5.86. The summed E-state index contributed by atoms with van der Waals surface area (Å²) in [6.07, 6.45) is 3.18. The Kier molecular flexibility index (Phi) is 4.03. The molecular formula is C19H16N2O4. The molecule has 0 bridgehead atoms. The van der Waals surface area contributed by atoms with Crippen molar-refractivity contribution in [1.29, 1.82) is 0 Å². The van der Waals surface area contributed by atoms with Crippen LogP contribution in [0.2, 0.25) is 0 Å². The highest BCUT2D eigenvalue weighted by Gasteiger charge is 2.27. The third-order valence-corrected chi connectivity index (χ3v) is 4.28. The Morgan fingerprint density at radius 3 is 2.80 bits per heavy atom. The molecule has 6 heteroatoms. The van der Waals surface area contributed by atoms with E-state index >= 15 is 0 Å². The highest BCUT2D eigenvalue weighted by atomic mass is 16.5. The second kappa shape index (κ2) is 6.49. The third-order valence-electron chi connectivity index (χ3n) is 4.28. The minimum Gasteiger partial charge on any atom is -0.451 e. The average molecular weight is 336 g/mol. The monoisotopic (exact) mass is 336 g/mol. The van der Waals surface area contributed by atoms with Crippen molar-refractivity contribution >= 4 is 16.9 Å². The van der Waals surface area contributed by atoms with E-state index in [9.17, 15) is 9.59 Å². The molecule has 1 saturated heterocycles. The van der Waals surface area contributed by atoms with Gasteiger partial charge in [0.15, 0.2) is 11.2 Å². The van der Waals surface area contributed by atoms with Crippen molar-refractivity contribution < 1.29 is 13.9 Å². The molecule has 1 aromatic carbocycles. The molecule has 0 N–H and O–H groups in total. The van der Waals surface area contributed by atoms with Crippen LogP contribution in [0.3, 0.4) is 0 Å². The zero-order valence-corrected chi connectivity index (χ0v) is 13.4. The molecule has 1 aliphatic heterocycles. The predicted molar refractivity (Wildman–Crippen MR) is 91.3 cm³/mol.